The first kappa shape index (κ1) is 20.8. The molecule has 0 unspecified atom stereocenters. The maximum absolute atomic E-state index is 5.51. The fourth-order valence-corrected chi connectivity index (χ4v) is 3.91. The summed E-state index contributed by atoms with van der Waals surface area (Å²) in [7, 11) is 0. The first-order chi connectivity index (χ1) is 14.7. The number of aryl methyl sites for hydroxylation is 1. The molecular weight excluding hydrogens is 396 g/mol. The van der Waals surface area contributed by atoms with Crippen molar-refractivity contribution in [2.75, 3.05) is 54.5 Å². The Kier molecular flexibility index (Phi) is 6.96. The number of thiocarbonyl (C=S) groups is 1. The highest BCUT2D eigenvalue weighted by Crippen LogP contribution is 2.24. The highest BCUT2D eigenvalue weighted by atomic mass is 32.1. The summed E-state index contributed by atoms with van der Waals surface area (Å²) in [6.45, 7) is 7.95. The molecule has 4 rings (SSSR count). The molecule has 2 saturated heterocycles. The van der Waals surface area contributed by atoms with E-state index in [1.807, 2.05) is 0 Å². The monoisotopic (exact) mass is 426 g/mol. The van der Waals surface area contributed by atoms with Crippen LogP contribution in [0.4, 0.5) is 17.6 Å². The van der Waals surface area contributed by atoms with E-state index in [2.05, 4.69) is 57.7 Å². The highest BCUT2D eigenvalue weighted by Gasteiger charge is 2.19. The van der Waals surface area contributed by atoms with Crippen LogP contribution in [-0.2, 0) is 11.3 Å². The number of nitrogens with zero attached hydrogens (tertiary/aromatic N) is 4. The van der Waals surface area contributed by atoms with Gasteiger partial charge in [-0.2, -0.15) is 9.97 Å². The molecule has 2 N–H and O–H groups in total. The largest absolute Gasteiger partial charge is 0.378 e. The topological polar surface area (TPSA) is 65.6 Å². The van der Waals surface area contributed by atoms with Crippen LogP contribution >= 0.6 is 12.2 Å². The lowest BCUT2D eigenvalue weighted by molar-refractivity contribution is 0.122. The molecule has 2 aromatic rings. The normalized spacial score (nSPS) is 17.0. The number of morpholine rings is 1. The molecule has 8 heteroatoms. The van der Waals surface area contributed by atoms with Gasteiger partial charge in [-0.05, 0) is 44.0 Å². The van der Waals surface area contributed by atoms with Gasteiger partial charge in [0.25, 0.3) is 0 Å². The predicted molar refractivity (Wildman–Crippen MR) is 125 cm³/mol. The molecule has 7 nitrogen and oxygen atoms in total. The molecule has 2 aliphatic rings. The second kappa shape index (κ2) is 10.0. The molecule has 1 aromatic heterocycles. The molecule has 0 amide bonds. The van der Waals surface area contributed by atoms with Gasteiger partial charge >= 0.3 is 0 Å². The lowest BCUT2D eigenvalue weighted by Crippen LogP contribution is -2.38. The Hall–Kier alpha value is -2.45. The molecule has 0 radical (unpaired) electrons. The van der Waals surface area contributed by atoms with Gasteiger partial charge in [0, 0.05) is 38.8 Å². The SMILES string of the molecule is Cc1ccc(CNC(=S)Nc2nc(N3CCCCC3)cc(N3CCOCC3)n2)cc1. The Morgan fingerprint density at radius 1 is 0.967 bits per heavy atom. The number of ether oxygens (including phenoxy) is 1. The van der Waals surface area contributed by atoms with E-state index in [1.165, 1.54) is 30.4 Å². The van der Waals surface area contributed by atoms with Gasteiger partial charge in [0.2, 0.25) is 5.95 Å². The van der Waals surface area contributed by atoms with Crippen molar-refractivity contribution in [3.8, 4) is 0 Å². The average molecular weight is 427 g/mol. The third-order valence-electron chi connectivity index (χ3n) is 5.51. The van der Waals surface area contributed by atoms with Crippen LogP contribution in [0, 0.1) is 6.92 Å². The summed E-state index contributed by atoms with van der Waals surface area (Å²) in [4.78, 5) is 14.1. The van der Waals surface area contributed by atoms with Gasteiger partial charge in [-0.25, -0.2) is 0 Å². The van der Waals surface area contributed by atoms with Crippen LogP contribution < -0.4 is 20.4 Å². The van der Waals surface area contributed by atoms with Gasteiger partial charge in [0.15, 0.2) is 5.11 Å². The standard InChI is InChI=1S/C22H30N6OS/c1-17-5-7-18(8-6-17)16-23-22(30)26-21-24-19(27-9-3-2-4-10-27)15-20(25-21)28-11-13-29-14-12-28/h5-8,15H,2-4,9-14,16H2,1H3,(H2,23,24,25,26,30). The Morgan fingerprint density at radius 3 is 2.27 bits per heavy atom. The van der Waals surface area contributed by atoms with Crippen LogP contribution in [0.1, 0.15) is 30.4 Å². The van der Waals surface area contributed by atoms with Gasteiger partial charge < -0.3 is 25.2 Å². The van der Waals surface area contributed by atoms with Crippen LogP contribution in [0.15, 0.2) is 30.3 Å². The molecule has 0 atom stereocenters. The zero-order valence-corrected chi connectivity index (χ0v) is 18.4. The van der Waals surface area contributed by atoms with Crippen molar-refractivity contribution in [2.45, 2.75) is 32.7 Å². The summed E-state index contributed by atoms with van der Waals surface area (Å²) in [5.41, 5.74) is 2.43. The van der Waals surface area contributed by atoms with E-state index in [9.17, 15) is 0 Å². The van der Waals surface area contributed by atoms with Crippen LogP contribution in [-0.4, -0.2) is 54.5 Å². The molecule has 30 heavy (non-hydrogen) atoms. The number of piperidine rings is 1. The molecule has 0 spiro atoms. The molecule has 2 aliphatic heterocycles. The second-order valence-electron chi connectivity index (χ2n) is 7.85. The van der Waals surface area contributed by atoms with Crippen molar-refractivity contribution >= 4 is 34.9 Å². The van der Waals surface area contributed by atoms with E-state index in [0.717, 1.165) is 51.0 Å². The summed E-state index contributed by atoms with van der Waals surface area (Å²) >= 11 is 5.51. The molecule has 0 bridgehead atoms. The van der Waals surface area contributed by atoms with Crippen molar-refractivity contribution in [1.29, 1.82) is 0 Å². The summed E-state index contributed by atoms with van der Waals surface area (Å²) in [6.07, 6.45) is 3.70. The van der Waals surface area contributed by atoms with E-state index >= 15 is 0 Å². The van der Waals surface area contributed by atoms with Gasteiger partial charge in [-0.3, -0.25) is 0 Å². The molecule has 3 heterocycles. The van der Waals surface area contributed by atoms with Crippen LogP contribution in [0.5, 0.6) is 0 Å². The molecule has 1 aromatic carbocycles. The Balaban J connectivity index is 1.47. The smallest absolute Gasteiger partial charge is 0.232 e. The van der Waals surface area contributed by atoms with E-state index in [1.54, 1.807) is 0 Å². The summed E-state index contributed by atoms with van der Waals surface area (Å²) in [5, 5.41) is 6.98. The van der Waals surface area contributed by atoms with E-state index in [-0.39, 0.29) is 0 Å². The summed E-state index contributed by atoms with van der Waals surface area (Å²) in [6, 6.07) is 10.5. The maximum Gasteiger partial charge on any atom is 0.232 e. The number of aromatic nitrogens is 2. The van der Waals surface area contributed by atoms with E-state index in [0.29, 0.717) is 17.6 Å². The summed E-state index contributed by atoms with van der Waals surface area (Å²) < 4.78 is 5.50. The first-order valence-corrected chi connectivity index (χ1v) is 11.2. The van der Waals surface area contributed by atoms with E-state index in [4.69, 9.17) is 26.9 Å². The van der Waals surface area contributed by atoms with Crippen molar-refractivity contribution < 1.29 is 4.74 Å². The molecule has 160 valence electrons. The third-order valence-corrected chi connectivity index (χ3v) is 5.76. The van der Waals surface area contributed by atoms with Crippen LogP contribution in [0.3, 0.4) is 0 Å². The fraction of sp³-hybridized carbons (Fsp3) is 0.500. The molecule has 2 fully saturated rings. The van der Waals surface area contributed by atoms with Crippen molar-refractivity contribution in [3.05, 3.63) is 41.5 Å². The Labute approximate surface area is 183 Å². The summed E-state index contributed by atoms with van der Waals surface area (Å²) in [5.74, 6) is 2.44. The molecule has 0 saturated carbocycles. The number of nitrogens with one attached hydrogen (secondary N) is 2. The highest BCUT2D eigenvalue weighted by molar-refractivity contribution is 7.80. The van der Waals surface area contributed by atoms with Crippen molar-refractivity contribution in [1.82, 2.24) is 15.3 Å². The minimum atomic E-state index is 0.527. The van der Waals surface area contributed by atoms with Gasteiger partial charge in [-0.1, -0.05) is 29.8 Å². The quantitative estimate of drug-likeness (QED) is 0.707. The van der Waals surface area contributed by atoms with Crippen molar-refractivity contribution in [2.24, 2.45) is 0 Å². The Bertz CT molecular complexity index is 811. The minimum Gasteiger partial charge on any atom is -0.378 e. The molecular formula is C22H30N6OS. The third kappa shape index (κ3) is 5.58. The minimum absolute atomic E-state index is 0.527. The zero-order valence-electron chi connectivity index (χ0n) is 17.6. The lowest BCUT2D eigenvalue weighted by Gasteiger charge is -2.31. The van der Waals surface area contributed by atoms with Crippen LogP contribution in [0.2, 0.25) is 0 Å². The number of rotatable bonds is 5. The van der Waals surface area contributed by atoms with E-state index < -0.39 is 0 Å². The lowest BCUT2D eigenvalue weighted by atomic mass is 10.1. The fourth-order valence-electron chi connectivity index (χ4n) is 3.75. The number of benzene rings is 1. The van der Waals surface area contributed by atoms with Gasteiger partial charge in [0.1, 0.15) is 11.6 Å². The van der Waals surface area contributed by atoms with Gasteiger partial charge in [0.05, 0.1) is 13.2 Å². The van der Waals surface area contributed by atoms with Gasteiger partial charge in [-0.15, -0.1) is 0 Å². The molecule has 0 aliphatic carbocycles. The second-order valence-corrected chi connectivity index (χ2v) is 8.26. The number of hydrogen-bond acceptors (Lipinski definition) is 6. The van der Waals surface area contributed by atoms with Crippen LogP contribution in [0.25, 0.3) is 0 Å². The first-order valence-electron chi connectivity index (χ1n) is 10.7. The Morgan fingerprint density at radius 2 is 1.60 bits per heavy atom. The predicted octanol–water partition coefficient (Wildman–Crippen LogP) is 3.10. The zero-order chi connectivity index (χ0) is 20.8. The number of hydrogen-bond donors (Lipinski definition) is 2. The maximum atomic E-state index is 5.51. The van der Waals surface area contributed by atoms with Crippen molar-refractivity contribution in [3.63, 3.8) is 0 Å². The average Bonchev–Trinajstić information content (AvgIpc) is 2.80. The number of anilines is 3.